The predicted molar refractivity (Wildman–Crippen MR) is 151 cm³/mol. The van der Waals surface area contributed by atoms with Crippen molar-refractivity contribution < 1.29 is 5.01 Å². The monoisotopic (exact) mass is 532 g/mol. The van der Waals surface area contributed by atoms with Gasteiger partial charge < -0.3 is 16.0 Å². The highest BCUT2D eigenvalue weighted by Gasteiger charge is 2.17. The summed E-state index contributed by atoms with van der Waals surface area (Å²) >= 11 is 0. The summed E-state index contributed by atoms with van der Waals surface area (Å²) < 4.78 is 3.76. The molecule has 0 fully saturated rings. The minimum absolute atomic E-state index is 0.618. The Hall–Kier alpha value is -4.64. The predicted octanol–water partition coefficient (Wildman–Crippen LogP) is 2.70. The smallest absolute Gasteiger partial charge is 0.105 e. The molecule has 1 atom stereocenters. The molecule has 202 valence electrons. The van der Waals surface area contributed by atoms with E-state index in [1.54, 1.807) is 0 Å². The van der Waals surface area contributed by atoms with Crippen LogP contribution in [0.4, 0.5) is 0 Å². The van der Waals surface area contributed by atoms with E-state index < -0.39 is 0 Å². The van der Waals surface area contributed by atoms with E-state index in [4.69, 9.17) is 0 Å². The summed E-state index contributed by atoms with van der Waals surface area (Å²) in [6, 6.07) is 31.0. The topological polar surface area (TPSA) is 95.2 Å². The van der Waals surface area contributed by atoms with Gasteiger partial charge in [0.25, 0.3) is 0 Å². The lowest BCUT2D eigenvalue weighted by Crippen LogP contribution is -3.01. The molecule has 40 heavy (non-hydrogen) atoms. The molecule has 3 aromatic carbocycles. The minimum Gasteiger partial charge on any atom is -0.437 e. The van der Waals surface area contributed by atoms with Crippen molar-refractivity contribution in [3.63, 3.8) is 0 Å². The average molecular weight is 533 g/mol. The van der Waals surface area contributed by atoms with E-state index in [-0.39, 0.29) is 0 Å². The van der Waals surface area contributed by atoms with Gasteiger partial charge in [-0.05, 0) is 11.1 Å². The van der Waals surface area contributed by atoms with Gasteiger partial charge in [-0.3, -0.25) is 4.90 Å². The van der Waals surface area contributed by atoms with Gasteiger partial charge >= 0.3 is 0 Å². The summed E-state index contributed by atoms with van der Waals surface area (Å²) in [5, 5.41) is 18.7. The molecular formula is C30H32N10. The number of hydrogen-bond donors (Lipinski definition) is 2. The zero-order valence-electron chi connectivity index (χ0n) is 22.2. The Morgan fingerprint density at radius 3 is 1.68 bits per heavy atom. The van der Waals surface area contributed by atoms with Crippen molar-refractivity contribution in [2.24, 2.45) is 0 Å². The largest absolute Gasteiger partial charge is 0.437 e. The normalized spacial score (nSPS) is 14.8. The third kappa shape index (κ3) is 7.06. The van der Waals surface area contributed by atoms with Crippen LogP contribution in [0.25, 0.3) is 5.53 Å². The van der Waals surface area contributed by atoms with Crippen LogP contribution in [0.3, 0.4) is 0 Å². The standard InChI is InChI=1S/C30H32N10/c1-4-10-25(11-5-1)16-38-22-28(31-34-38)19-37(20-29-23-39(35-32-29)17-26-12-6-2-7-13-26)21-30-24-40(36-33-30)18-27-14-8-3-9-15-27/h1-15,22-24,31,38H,16-21H2. The van der Waals surface area contributed by atoms with Crippen LogP contribution in [-0.2, 0) is 32.7 Å². The van der Waals surface area contributed by atoms with Gasteiger partial charge in [0, 0.05) is 25.2 Å². The quantitative estimate of drug-likeness (QED) is 0.257. The Balaban J connectivity index is 1.15. The molecule has 0 amide bonds. The van der Waals surface area contributed by atoms with Crippen molar-refractivity contribution >= 4 is 0 Å². The molecule has 1 aliphatic heterocycles. The molecule has 1 aliphatic rings. The Morgan fingerprint density at radius 1 is 0.650 bits per heavy atom. The highest BCUT2D eigenvalue weighted by atomic mass is 15.7. The first-order valence-electron chi connectivity index (χ1n) is 13.4. The average Bonchev–Trinajstić information content (AvgIpc) is 3.73. The summed E-state index contributed by atoms with van der Waals surface area (Å²) in [4.78, 5) is 2.29. The number of nitrogens with zero attached hydrogens (tertiary/aromatic N) is 8. The lowest BCUT2D eigenvalue weighted by Gasteiger charge is -2.23. The molecule has 1 unspecified atom stereocenters. The van der Waals surface area contributed by atoms with Gasteiger partial charge in [0.1, 0.15) is 6.20 Å². The SMILES string of the molecule is C1=C(CN(Cc2cn(Cc3ccccc3)nn2)Cc2cn(Cc3ccccc3)nn2)N[N-][NH+]1Cc1ccccc1. The first kappa shape index (κ1) is 25.6. The van der Waals surface area contributed by atoms with Gasteiger partial charge in [0.05, 0.1) is 49.1 Å². The van der Waals surface area contributed by atoms with Gasteiger partial charge in [-0.15, -0.1) is 10.2 Å². The summed E-state index contributed by atoms with van der Waals surface area (Å²) in [5.74, 6) is 0. The molecule has 0 spiro atoms. The fourth-order valence-corrected chi connectivity index (χ4v) is 4.77. The zero-order valence-corrected chi connectivity index (χ0v) is 22.2. The van der Waals surface area contributed by atoms with Crippen LogP contribution in [-0.4, -0.2) is 41.4 Å². The molecular weight excluding hydrogens is 500 g/mol. The van der Waals surface area contributed by atoms with Crippen LogP contribution in [0.15, 0.2) is 115 Å². The van der Waals surface area contributed by atoms with Crippen molar-refractivity contribution in [1.29, 1.82) is 0 Å². The van der Waals surface area contributed by atoms with E-state index in [9.17, 15) is 0 Å². The van der Waals surface area contributed by atoms with Crippen LogP contribution >= 0.6 is 0 Å². The molecule has 0 radical (unpaired) electrons. The second-order valence-electron chi connectivity index (χ2n) is 9.98. The summed E-state index contributed by atoms with van der Waals surface area (Å²) in [7, 11) is 0. The summed E-state index contributed by atoms with van der Waals surface area (Å²) in [6.45, 7) is 4.06. The van der Waals surface area contributed by atoms with Gasteiger partial charge in [-0.25, -0.2) is 9.36 Å². The lowest BCUT2D eigenvalue weighted by molar-refractivity contribution is -0.819. The van der Waals surface area contributed by atoms with Crippen molar-refractivity contribution in [2.75, 3.05) is 6.54 Å². The van der Waals surface area contributed by atoms with Gasteiger partial charge in [0.15, 0.2) is 0 Å². The maximum atomic E-state index is 4.56. The number of rotatable bonds is 12. The Labute approximate surface area is 233 Å². The molecule has 2 N–H and O–H groups in total. The van der Waals surface area contributed by atoms with E-state index in [0.29, 0.717) is 32.7 Å². The van der Waals surface area contributed by atoms with Crippen LogP contribution in [0.2, 0.25) is 0 Å². The molecule has 5 aromatic rings. The van der Waals surface area contributed by atoms with E-state index in [2.05, 4.69) is 91.2 Å². The number of benzene rings is 3. The molecule has 0 saturated heterocycles. The van der Waals surface area contributed by atoms with E-state index in [1.165, 1.54) is 16.7 Å². The molecule has 2 aromatic heterocycles. The van der Waals surface area contributed by atoms with Crippen LogP contribution in [0.5, 0.6) is 0 Å². The van der Waals surface area contributed by atoms with E-state index in [0.717, 1.165) is 28.6 Å². The van der Waals surface area contributed by atoms with Gasteiger partial charge in [0.2, 0.25) is 0 Å². The van der Waals surface area contributed by atoms with Crippen LogP contribution in [0, 0.1) is 0 Å². The molecule has 10 nitrogen and oxygen atoms in total. The lowest BCUT2D eigenvalue weighted by atomic mass is 10.2. The van der Waals surface area contributed by atoms with Gasteiger partial charge in [-0.1, -0.05) is 101 Å². The second kappa shape index (κ2) is 12.5. The third-order valence-electron chi connectivity index (χ3n) is 6.62. The van der Waals surface area contributed by atoms with Crippen molar-refractivity contribution in [3.05, 3.63) is 149 Å². The number of quaternary nitrogens is 1. The van der Waals surface area contributed by atoms with E-state index in [1.807, 2.05) is 64.2 Å². The molecule has 0 bridgehead atoms. The first-order valence-corrected chi connectivity index (χ1v) is 13.4. The number of aromatic nitrogens is 6. The molecule has 6 rings (SSSR count). The Bertz CT molecular complexity index is 1430. The van der Waals surface area contributed by atoms with Crippen molar-refractivity contribution in [1.82, 2.24) is 40.3 Å². The third-order valence-corrected chi connectivity index (χ3v) is 6.62. The number of hydrogen-bond acceptors (Lipinski definition) is 6. The summed E-state index contributed by atoms with van der Waals surface area (Å²) in [6.07, 6.45) is 6.17. The molecule has 3 heterocycles. The van der Waals surface area contributed by atoms with E-state index >= 15 is 0 Å². The fourth-order valence-electron chi connectivity index (χ4n) is 4.77. The summed E-state index contributed by atoms with van der Waals surface area (Å²) in [5.41, 5.74) is 14.3. The van der Waals surface area contributed by atoms with Crippen molar-refractivity contribution in [3.8, 4) is 0 Å². The maximum absolute atomic E-state index is 4.56. The second-order valence-corrected chi connectivity index (χ2v) is 9.98. The minimum atomic E-state index is 0.618. The zero-order chi connectivity index (χ0) is 27.0. The highest BCUT2D eigenvalue weighted by molar-refractivity contribution is 5.17. The van der Waals surface area contributed by atoms with Crippen molar-refractivity contribution in [2.45, 2.75) is 32.7 Å². The number of nitrogens with one attached hydrogen (secondary N) is 2. The molecule has 0 saturated carbocycles. The Kier molecular flexibility index (Phi) is 7.99. The fraction of sp³-hybridized carbons (Fsp3) is 0.200. The van der Waals surface area contributed by atoms with Crippen LogP contribution < -0.4 is 10.4 Å². The molecule has 0 aliphatic carbocycles. The highest BCUT2D eigenvalue weighted by Crippen LogP contribution is 2.12. The van der Waals surface area contributed by atoms with Crippen LogP contribution in [0.1, 0.15) is 28.1 Å². The Morgan fingerprint density at radius 2 is 1.15 bits per heavy atom. The molecule has 10 heteroatoms. The first-order chi connectivity index (χ1) is 19.7. The van der Waals surface area contributed by atoms with Gasteiger partial charge in [-0.2, -0.15) is 0 Å². The maximum Gasteiger partial charge on any atom is 0.105 e.